The zero-order valence-electron chi connectivity index (χ0n) is 11.2. The van der Waals surface area contributed by atoms with Gasteiger partial charge in [-0.25, -0.2) is 0 Å². The zero-order valence-corrected chi connectivity index (χ0v) is 11.2. The van der Waals surface area contributed by atoms with Crippen molar-refractivity contribution in [3.63, 3.8) is 0 Å². The quantitative estimate of drug-likeness (QED) is 0.669. The van der Waals surface area contributed by atoms with Crippen LogP contribution in [0.2, 0.25) is 0 Å². The largest absolute Gasteiger partial charge is 0.392 e. The van der Waals surface area contributed by atoms with Crippen LogP contribution in [0.5, 0.6) is 0 Å². The fourth-order valence-electron chi connectivity index (χ4n) is 3.61. The van der Waals surface area contributed by atoms with E-state index in [2.05, 4.69) is 33.8 Å². The number of aliphatic hydroxyl groups is 1. The van der Waals surface area contributed by atoms with Crippen LogP contribution in [0.1, 0.15) is 53.4 Å². The van der Waals surface area contributed by atoms with E-state index >= 15 is 0 Å². The van der Waals surface area contributed by atoms with E-state index in [9.17, 15) is 5.11 Å². The van der Waals surface area contributed by atoms with Crippen LogP contribution in [-0.4, -0.2) is 11.2 Å². The second kappa shape index (κ2) is 4.18. The molecular formula is C15H26O. The van der Waals surface area contributed by atoms with Crippen molar-refractivity contribution in [3.8, 4) is 0 Å². The Kier molecular flexibility index (Phi) is 3.18. The molecule has 0 aromatic rings. The first-order valence-corrected chi connectivity index (χ1v) is 6.85. The average molecular weight is 222 g/mol. The third-order valence-corrected chi connectivity index (χ3v) is 5.05. The van der Waals surface area contributed by atoms with Gasteiger partial charge in [-0.3, -0.25) is 0 Å². The van der Waals surface area contributed by atoms with E-state index in [1.165, 1.54) is 12.8 Å². The molecule has 1 N–H and O–H groups in total. The summed E-state index contributed by atoms with van der Waals surface area (Å²) < 4.78 is 0. The van der Waals surface area contributed by atoms with Gasteiger partial charge in [0.15, 0.2) is 0 Å². The molecule has 2 aliphatic rings. The number of rotatable bonds is 1. The fourth-order valence-corrected chi connectivity index (χ4v) is 3.61. The van der Waals surface area contributed by atoms with Crippen LogP contribution in [0.4, 0.5) is 0 Å². The van der Waals surface area contributed by atoms with Crippen molar-refractivity contribution in [3.05, 3.63) is 11.6 Å². The Balaban J connectivity index is 2.31. The first-order valence-electron chi connectivity index (χ1n) is 6.85. The van der Waals surface area contributed by atoms with Gasteiger partial charge in [-0.1, -0.05) is 39.3 Å². The van der Waals surface area contributed by atoms with E-state index < -0.39 is 0 Å². The van der Waals surface area contributed by atoms with Crippen LogP contribution in [0.15, 0.2) is 11.6 Å². The van der Waals surface area contributed by atoms with Gasteiger partial charge in [-0.2, -0.15) is 0 Å². The topological polar surface area (TPSA) is 20.2 Å². The van der Waals surface area contributed by atoms with E-state index in [0.29, 0.717) is 5.92 Å². The van der Waals surface area contributed by atoms with E-state index in [4.69, 9.17) is 0 Å². The predicted molar refractivity (Wildman–Crippen MR) is 68.2 cm³/mol. The van der Waals surface area contributed by atoms with Crippen LogP contribution in [0, 0.1) is 23.2 Å². The summed E-state index contributed by atoms with van der Waals surface area (Å²) in [4.78, 5) is 0. The third kappa shape index (κ3) is 1.84. The predicted octanol–water partition coefficient (Wildman–Crippen LogP) is 3.78. The highest BCUT2D eigenvalue weighted by atomic mass is 16.3. The third-order valence-electron chi connectivity index (χ3n) is 5.05. The minimum atomic E-state index is -0.108. The number of hydrogen-bond acceptors (Lipinski definition) is 1. The summed E-state index contributed by atoms with van der Waals surface area (Å²) in [5.41, 5.74) is 1.64. The van der Waals surface area contributed by atoms with Gasteiger partial charge in [-0.15, -0.1) is 0 Å². The molecule has 1 heteroatoms. The van der Waals surface area contributed by atoms with Gasteiger partial charge in [0, 0.05) is 5.41 Å². The maximum absolute atomic E-state index is 10.3. The van der Waals surface area contributed by atoms with Crippen molar-refractivity contribution in [2.75, 3.05) is 0 Å². The molecule has 1 nitrogen and oxygen atoms in total. The van der Waals surface area contributed by atoms with Gasteiger partial charge in [0.1, 0.15) is 0 Å². The van der Waals surface area contributed by atoms with Gasteiger partial charge < -0.3 is 5.11 Å². The molecule has 2 rings (SSSR count). The molecule has 0 amide bonds. The molecule has 0 aromatic heterocycles. The van der Waals surface area contributed by atoms with Crippen LogP contribution in [-0.2, 0) is 0 Å². The number of fused-ring (bicyclic) bond motifs is 1. The molecular weight excluding hydrogens is 196 g/mol. The minimum absolute atomic E-state index is 0.0864. The van der Waals surface area contributed by atoms with Gasteiger partial charge in [-0.05, 0) is 43.4 Å². The van der Waals surface area contributed by atoms with Crippen LogP contribution >= 0.6 is 0 Å². The molecule has 0 radical (unpaired) electrons. The van der Waals surface area contributed by atoms with Crippen molar-refractivity contribution in [1.29, 1.82) is 0 Å². The number of aliphatic hydroxyl groups excluding tert-OH is 1. The highest BCUT2D eigenvalue weighted by molar-refractivity contribution is 5.25. The Morgan fingerprint density at radius 2 is 2.00 bits per heavy atom. The van der Waals surface area contributed by atoms with E-state index in [0.717, 1.165) is 24.7 Å². The van der Waals surface area contributed by atoms with Gasteiger partial charge >= 0.3 is 0 Å². The van der Waals surface area contributed by atoms with Crippen LogP contribution < -0.4 is 0 Å². The lowest BCUT2D eigenvalue weighted by Crippen LogP contribution is -2.43. The molecule has 92 valence electrons. The summed E-state index contributed by atoms with van der Waals surface area (Å²) in [6.07, 6.45) is 6.97. The molecule has 2 aliphatic carbocycles. The van der Waals surface area contributed by atoms with Crippen molar-refractivity contribution in [1.82, 2.24) is 0 Å². The molecule has 1 fully saturated rings. The maximum Gasteiger partial charge on any atom is 0.0631 e. The molecule has 4 atom stereocenters. The normalized spacial score (nSPS) is 44.1. The maximum atomic E-state index is 10.3. The van der Waals surface area contributed by atoms with E-state index in [-0.39, 0.29) is 11.5 Å². The summed E-state index contributed by atoms with van der Waals surface area (Å²) in [5.74, 6) is 2.15. The standard InChI is InChI=1S/C15H26O/c1-10(2)12-7-8-15(4)13(9-12)11(3)5-6-14(15)16/h9-12,14,16H,5-8H2,1-4H3/t11?,12?,14?,15-/m0/s1. The second-order valence-electron chi connectivity index (χ2n) is 6.48. The van der Waals surface area contributed by atoms with Gasteiger partial charge in [0.25, 0.3) is 0 Å². The monoisotopic (exact) mass is 222 g/mol. The zero-order chi connectivity index (χ0) is 11.9. The lowest BCUT2D eigenvalue weighted by molar-refractivity contribution is 0.00931. The SMILES string of the molecule is CC1CCC(O)[C@@]2(C)CCC(C(C)C)C=C12. The van der Waals surface area contributed by atoms with E-state index in [1.807, 2.05) is 0 Å². The molecule has 16 heavy (non-hydrogen) atoms. The Morgan fingerprint density at radius 1 is 1.31 bits per heavy atom. The molecule has 0 aromatic carbocycles. The lowest BCUT2D eigenvalue weighted by Gasteiger charge is -2.48. The highest BCUT2D eigenvalue weighted by Gasteiger charge is 2.44. The summed E-state index contributed by atoms with van der Waals surface area (Å²) >= 11 is 0. The molecule has 1 saturated carbocycles. The average Bonchev–Trinajstić information content (AvgIpc) is 2.24. The molecule has 0 bridgehead atoms. The molecule has 0 spiro atoms. The summed E-state index contributed by atoms with van der Waals surface area (Å²) in [5, 5.41) is 10.3. The summed E-state index contributed by atoms with van der Waals surface area (Å²) in [6.45, 7) is 9.23. The van der Waals surface area contributed by atoms with Gasteiger partial charge in [0.05, 0.1) is 6.10 Å². The molecule has 0 aliphatic heterocycles. The van der Waals surface area contributed by atoms with Crippen LogP contribution in [0.25, 0.3) is 0 Å². The number of hydrogen-bond donors (Lipinski definition) is 1. The molecule has 3 unspecified atom stereocenters. The van der Waals surface area contributed by atoms with Crippen molar-refractivity contribution in [2.24, 2.45) is 23.2 Å². The first-order chi connectivity index (χ1) is 7.45. The van der Waals surface area contributed by atoms with E-state index in [1.54, 1.807) is 5.57 Å². The molecule has 0 heterocycles. The fraction of sp³-hybridized carbons (Fsp3) is 0.867. The Labute approximate surface area is 99.9 Å². The van der Waals surface area contributed by atoms with Crippen molar-refractivity contribution < 1.29 is 5.11 Å². The molecule has 0 saturated heterocycles. The summed E-state index contributed by atoms with van der Waals surface area (Å²) in [7, 11) is 0. The Bertz CT molecular complexity index is 292. The number of allylic oxidation sites excluding steroid dienone is 1. The first kappa shape index (κ1) is 12.2. The second-order valence-corrected chi connectivity index (χ2v) is 6.48. The minimum Gasteiger partial charge on any atom is -0.392 e. The highest BCUT2D eigenvalue weighted by Crippen LogP contribution is 2.51. The smallest absolute Gasteiger partial charge is 0.0631 e. The Morgan fingerprint density at radius 3 is 2.62 bits per heavy atom. The lowest BCUT2D eigenvalue weighted by atomic mass is 9.59. The van der Waals surface area contributed by atoms with Crippen LogP contribution in [0.3, 0.4) is 0 Å². The summed E-state index contributed by atoms with van der Waals surface area (Å²) in [6, 6.07) is 0. The van der Waals surface area contributed by atoms with Crippen molar-refractivity contribution in [2.45, 2.75) is 59.5 Å². The van der Waals surface area contributed by atoms with Gasteiger partial charge in [0.2, 0.25) is 0 Å². The Hall–Kier alpha value is -0.300. The van der Waals surface area contributed by atoms with Crippen molar-refractivity contribution >= 4 is 0 Å².